The largest absolute Gasteiger partial charge is 0.495 e. The molecule has 0 aliphatic rings. The highest BCUT2D eigenvalue weighted by Crippen LogP contribution is 2.33. The summed E-state index contributed by atoms with van der Waals surface area (Å²) >= 11 is 9.06. The minimum absolute atomic E-state index is 0.483. The second-order valence-electron chi connectivity index (χ2n) is 2.09. The molecule has 0 aromatic heterocycles. The SMILES string of the molecule is COc1cc(C#N)cc(Br)c1Cl. The van der Waals surface area contributed by atoms with Gasteiger partial charge in [0.1, 0.15) is 5.75 Å². The van der Waals surface area contributed by atoms with Crippen LogP contribution in [-0.4, -0.2) is 7.11 Å². The highest BCUT2D eigenvalue weighted by molar-refractivity contribution is 9.10. The van der Waals surface area contributed by atoms with Gasteiger partial charge in [0.05, 0.1) is 23.8 Å². The fraction of sp³-hybridized carbons (Fsp3) is 0.125. The minimum Gasteiger partial charge on any atom is -0.495 e. The molecule has 0 bridgehead atoms. The van der Waals surface area contributed by atoms with Crippen LogP contribution < -0.4 is 4.74 Å². The number of hydrogen-bond donors (Lipinski definition) is 0. The van der Waals surface area contributed by atoms with Crippen LogP contribution in [0.15, 0.2) is 16.6 Å². The number of nitriles is 1. The molecule has 0 saturated carbocycles. The number of hydrogen-bond acceptors (Lipinski definition) is 2. The van der Waals surface area contributed by atoms with Gasteiger partial charge in [-0.05, 0) is 28.1 Å². The first-order valence-electron chi connectivity index (χ1n) is 3.12. The van der Waals surface area contributed by atoms with Crippen molar-refractivity contribution in [3.05, 3.63) is 27.2 Å². The molecule has 0 N–H and O–H groups in total. The highest BCUT2D eigenvalue weighted by atomic mass is 79.9. The van der Waals surface area contributed by atoms with Gasteiger partial charge in [0.15, 0.2) is 0 Å². The van der Waals surface area contributed by atoms with Crippen molar-refractivity contribution in [3.63, 3.8) is 0 Å². The maximum absolute atomic E-state index is 8.60. The molecule has 0 radical (unpaired) electrons. The zero-order valence-corrected chi connectivity index (χ0v) is 8.61. The van der Waals surface area contributed by atoms with Gasteiger partial charge in [0.25, 0.3) is 0 Å². The molecule has 0 aliphatic heterocycles. The molecular weight excluding hydrogens is 241 g/mol. The summed E-state index contributed by atoms with van der Waals surface area (Å²) in [5.74, 6) is 0.502. The Hall–Kier alpha value is -0.720. The van der Waals surface area contributed by atoms with Crippen molar-refractivity contribution in [2.75, 3.05) is 7.11 Å². The van der Waals surface area contributed by atoms with Crippen LogP contribution in [0, 0.1) is 11.3 Å². The molecule has 0 amide bonds. The average Bonchev–Trinajstić information content (AvgIpc) is 2.09. The summed E-state index contributed by atoms with van der Waals surface area (Å²) in [7, 11) is 1.51. The van der Waals surface area contributed by atoms with E-state index in [9.17, 15) is 0 Å². The Morgan fingerprint density at radius 3 is 2.75 bits per heavy atom. The van der Waals surface area contributed by atoms with Crippen molar-refractivity contribution in [2.24, 2.45) is 0 Å². The Morgan fingerprint density at radius 2 is 2.25 bits per heavy atom. The van der Waals surface area contributed by atoms with Gasteiger partial charge in [0.2, 0.25) is 0 Å². The zero-order valence-electron chi connectivity index (χ0n) is 6.27. The molecule has 0 unspecified atom stereocenters. The molecule has 0 aliphatic carbocycles. The fourth-order valence-electron chi connectivity index (χ4n) is 0.777. The first-order chi connectivity index (χ1) is 5.69. The van der Waals surface area contributed by atoms with E-state index in [1.54, 1.807) is 12.1 Å². The van der Waals surface area contributed by atoms with Gasteiger partial charge in [-0.2, -0.15) is 5.26 Å². The predicted octanol–water partition coefficient (Wildman–Crippen LogP) is 2.98. The Morgan fingerprint density at radius 1 is 1.58 bits per heavy atom. The van der Waals surface area contributed by atoms with Crippen LogP contribution in [-0.2, 0) is 0 Å². The monoisotopic (exact) mass is 245 g/mol. The second-order valence-corrected chi connectivity index (χ2v) is 3.32. The zero-order chi connectivity index (χ0) is 9.14. The lowest BCUT2D eigenvalue weighted by Gasteiger charge is -2.04. The van der Waals surface area contributed by atoms with Crippen LogP contribution in [0.5, 0.6) is 5.75 Å². The normalized spacial score (nSPS) is 9.17. The van der Waals surface area contributed by atoms with E-state index < -0.39 is 0 Å². The number of methoxy groups -OCH3 is 1. The second kappa shape index (κ2) is 3.79. The van der Waals surface area contributed by atoms with Crippen LogP contribution in [0.1, 0.15) is 5.56 Å². The van der Waals surface area contributed by atoms with Crippen molar-refractivity contribution in [1.29, 1.82) is 5.26 Å². The topological polar surface area (TPSA) is 33.0 Å². The third-order valence-corrected chi connectivity index (χ3v) is 2.59. The molecule has 1 aromatic rings. The van der Waals surface area contributed by atoms with Gasteiger partial charge >= 0.3 is 0 Å². The van der Waals surface area contributed by atoms with Gasteiger partial charge in [-0.25, -0.2) is 0 Å². The summed E-state index contributed by atoms with van der Waals surface area (Å²) in [6.07, 6.45) is 0. The first kappa shape index (κ1) is 9.37. The molecule has 12 heavy (non-hydrogen) atoms. The van der Waals surface area contributed by atoms with Gasteiger partial charge in [-0.1, -0.05) is 11.6 Å². The molecule has 62 valence electrons. The van der Waals surface area contributed by atoms with Crippen LogP contribution in [0.2, 0.25) is 5.02 Å². The maximum atomic E-state index is 8.60. The maximum Gasteiger partial charge on any atom is 0.139 e. The molecule has 2 nitrogen and oxygen atoms in total. The average molecular weight is 246 g/mol. The number of ether oxygens (including phenoxy) is 1. The molecule has 0 fully saturated rings. The lowest BCUT2D eigenvalue weighted by molar-refractivity contribution is 0.414. The molecular formula is C8H5BrClNO. The fourth-order valence-corrected chi connectivity index (χ4v) is 1.41. The highest BCUT2D eigenvalue weighted by Gasteiger charge is 2.06. The summed E-state index contributed by atoms with van der Waals surface area (Å²) in [6.45, 7) is 0. The van der Waals surface area contributed by atoms with E-state index in [-0.39, 0.29) is 0 Å². The summed E-state index contributed by atoms with van der Waals surface area (Å²) in [4.78, 5) is 0. The van der Waals surface area contributed by atoms with Crippen LogP contribution in [0.3, 0.4) is 0 Å². The van der Waals surface area contributed by atoms with Crippen molar-refractivity contribution in [3.8, 4) is 11.8 Å². The van der Waals surface area contributed by atoms with Gasteiger partial charge in [0, 0.05) is 4.47 Å². The Labute approximate surface area is 83.8 Å². The van der Waals surface area contributed by atoms with Gasteiger partial charge in [-0.15, -0.1) is 0 Å². The molecule has 0 atom stereocenters. The standard InChI is InChI=1S/C8H5BrClNO/c1-12-7-3-5(4-11)2-6(9)8(7)10/h2-3H,1H3. The van der Waals surface area contributed by atoms with Crippen molar-refractivity contribution in [2.45, 2.75) is 0 Å². The summed E-state index contributed by atoms with van der Waals surface area (Å²) in [5, 5.41) is 9.09. The van der Waals surface area contributed by atoms with Gasteiger partial charge in [-0.3, -0.25) is 0 Å². The Balaban J connectivity index is 3.31. The van der Waals surface area contributed by atoms with E-state index in [1.807, 2.05) is 6.07 Å². The quantitative estimate of drug-likeness (QED) is 0.763. The van der Waals surface area contributed by atoms with E-state index in [4.69, 9.17) is 21.6 Å². The van der Waals surface area contributed by atoms with E-state index in [2.05, 4.69) is 15.9 Å². The van der Waals surface area contributed by atoms with Crippen molar-refractivity contribution < 1.29 is 4.74 Å². The molecule has 1 aromatic carbocycles. The molecule has 0 saturated heterocycles. The third-order valence-electron chi connectivity index (χ3n) is 1.34. The van der Waals surface area contributed by atoms with E-state index in [0.717, 1.165) is 0 Å². The number of benzene rings is 1. The Bertz CT molecular complexity index is 346. The molecule has 4 heteroatoms. The number of nitrogens with zero attached hydrogens (tertiary/aromatic N) is 1. The molecule has 1 rings (SSSR count). The summed E-state index contributed by atoms with van der Waals surface area (Å²) in [6, 6.07) is 5.24. The molecule has 0 spiro atoms. The third kappa shape index (κ3) is 1.71. The smallest absolute Gasteiger partial charge is 0.139 e. The first-order valence-corrected chi connectivity index (χ1v) is 4.29. The van der Waals surface area contributed by atoms with Crippen LogP contribution >= 0.6 is 27.5 Å². The number of halogens is 2. The number of rotatable bonds is 1. The van der Waals surface area contributed by atoms with Crippen molar-refractivity contribution >= 4 is 27.5 Å². The van der Waals surface area contributed by atoms with Crippen LogP contribution in [0.25, 0.3) is 0 Å². The van der Waals surface area contributed by atoms with E-state index in [1.165, 1.54) is 7.11 Å². The lowest BCUT2D eigenvalue weighted by atomic mass is 10.2. The minimum atomic E-state index is 0.483. The molecule has 0 heterocycles. The lowest BCUT2D eigenvalue weighted by Crippen LogP contribution is -1.86. The summed E-state index contributed by atoms with van der Waals surface area (Å²) in [5.41, 5.74) is 0.517. The predicted molar refractivity (Wildman–Crippen MR) is 50.4 cm³/mol. The van der Waals surface area contributed by atoms with Crippen LogP contribution in [0.4, 0.5) is 0 Å². The Kier molecular flexibility index (Phi) is 2.96. The van der Waals surface area contributed by atoms with Gasteiger partial charge < -0.3 is 4.74 Å². The van der Waals surface area contributed by atoms with Crippen molar-refractivity contribution in [1.82, 2.24) is 0 Å². The van der Waals surface area contributed by atoms with E-state index >= 15 is 0 Å². The van der Waals surface area contributed by atoms with E-state index in [0.29, 0.717) is 20.8 Å². The summed E-state index contributed by atoms with van der Waals surface area (Å²) < 4.78 is 5.62.